The van der Waals surface area contributed by atoms with Gasteiger partial charge in [-0.05, 0) is 59.2 Å². The van der Waals surface area contributed by atoms with Crippen LogP contribution in [-0.2, 0) is 14.8 Å². The average Bonchev–Trinajstić information content (AvgIpc) is 3.30. The quantitative estimate of drug-likeness (QED) is 0.326. The summed E-state index contributed by atoms with van der Waals surface area (Å²) in [6.07, 6.45) is 2.70. The maximum Gasteiger partial charge on any atom is 0.410 e. The number of piperazine rings is 1. The molecule has 3 heterocycles. The summed E-state index contributed by atoms with van der Waals surface area (Å²) in [5.74, 6) is 0.630. The Balaban J connectivity index is 1.63. The fraction of sp³-hybridized carbons (Fsp3) is 0.367. The monoisotopic (exact) mass is 561 g/mol. The maximum absolute atomic E-state index is 13.9. The van der Waals surface area contributed by atoms with Crippen LogP contribution in [0.2, 0.25) is 0 Å². The van der Waals surface area contributed by atoms with E-state index in [9.17, 15) is 13.2 Å². The van der Waals surface area contributed by atoms with E-state index in [1.54, 1.807) is 35.4 Å². The Kier molecular flexibility index (Phi) is 7.08. The molecule has 1 aliphatic rings. The number of anilines is 1. The van der Waals surface area contributed by atoms with E-state index < -0.39 is 15.6 Å². The molecule has 0 aliphatic carbocycles. The largest absolute Gasteiger partial charge is 0.444 e. The van der Waals surface area contributed by atoms with Gasteiger partial charge in [-0.15, -0.1) is 0 Å². The number of rotatable bonds is 4. The lowest BCUT2D eigenvalue weighted by Crippen LogP contribution is -2.59. The highest BCUT2D eigenvalue weighted by atomic mass is 32.2. The lowest BCUT2D eigenvalue weighted by Gasteiger charge is -2.44. The van der Waals surface area contributed by atoms with Gasteiger partial charge in [-0.3, -0.25) is 0 Å². The second-order valence-corrected chi connectivity index (χ2v) is 13.2. The van der Waals surface area contributed by atoms with Crippen molar-refractivity contribution in [3.63, 3.8) is 0 Å². The van der Waals surface area contributed by atoms with Crippen LogP contribution in [0.4, 0.5) is 10.6 Å². The van der Waals surface area contributed by atoms with E-state index in [1.807, 2.05) is 71.9 Å². The number of ether oxygens (including phenoxy) is 1. The van der Waals surface area contributed by atoms with Crippen LogP contribution in [-0.4, -0.2) is 64.1 Å². The van der Waals surface area contributed by atoms with Gasteiger partial charge in [0.25, 0.3) is 10.0 Å². The summed E-state index contributed by atoms with van der Waals surface area (Å²) in [7, 11) is -3.94. The summed E-state index contributed by atoms with van der Waals surface area (Å²) in [4.78, 5) is 26.1. The molecule has 0 saturated carbocycles. The number of fused-ring (bicyclic) bond motifs is 1. The molecule has 0 radical (unpaired) electrons. The number of aromatic nitrogens is 3. The first-order chi connectivity index (χ1) is 18.9. The summed E-state index contributed by atoms with van der Waals surface area (Å²) < 4.78 is 34.6. The zero-order valence-corrected chi connectivity index (χ0v) is 24.5. The van der Waals surface area contributed by atoms with Crippen LogP contribution in [0.15, 0.2) is 72.0 Å². The SMILES string of the molecule is Cc1ccc(S(=O)(=O)n2cc(-c3ccccc3)c3c(N4C[C@@H](C)N(C(=O)OC(C)(C)C)C[C@@H]4C)ncnc32)cc1. The highest BCUT2D eigenvalue weighted by molar-refractivity contribution is 7.90. The number of hydrogen-bond donors (Lipinski definition) is 0. The molecule has 1 fully saturated rings. The zero-order chi connectivity index (χ0) is 28.8. The molecular formula is C30H35N5O4S. The van der Waals surface area contributed by atoms with Crippen LogP contribution >= 0.6 is 0 Å². The van der Waals surface area contributed by atoms with E-state index in [1.165, 1.54) is 10.3 Å². The van der Waals surface area contributed by atoms with Gasteiger partial charge in [-0.2, -0.15) is 0 Å². The lowest BCUT2D eigenvalue weighted by molar-refractivity contribution is 0.0130. The Hall–Kier alpha value is -3.92. The number of nitrogens with zero attached hydrogens (tertiary/aromatic N) is 5. The van der Waals surface area contributed by atoms with E-state index >= 15 is 0 Å². The highest BCUT2D eigenvalue weighted by Crippen LogP contribution is 2.38. The Morgan fingerprint density at radius 1 is 0.950 bits per heavy atom. The molecule has 4 aromatic rings. The molecule has 1 saturated heterocycles. The van der Waals surface area contributed by atoms with Gasteiger partial charge in [-0.25, -0.2) is 27.2 Å². The second-order valence-electron chi connectivity index (χ2n) is 11.4. The molecule has 2 aromatic heterocycles. The molecule has 2 aromatic carbocycles. The normalized spacial score (nSPS) is 18.2. The van der Waals surface area contributed by atoms with Crippen molar-refractivity contribution in [3.8, 4) is 11.1 Å². The van der Waals surface area contributed by atoms with Crippen molar-refractivity contribution >= 4 is 33.0 Å². The maximum atomic E-state index is 13.9. The Morgan fingerprint density at radius 2 is 1.62 bits per heavy atom. The van der Waals surface area contributed by atoms with Gasteiger partial charge in [0, 0.05) is 36.9 Å². The molecule has 40 heavy (non-hydrogen) atoms. The minimum absolute atomic E-state index is 0.109. The van der Waals surface area contributed by atoms with Gasteiger partial charge in [0.1, 0.15) is 17.7 Å². The first-order valence-electron chi connectivity index (χ1n) is 13.4. The minimum Gasteiger partial charge on any atom is -0.444 e. The molecular weight excluding hydrogens is 526 g/mol. The molecule has 1 aliphatic heterocycles. The Morgan fingerprint density at radius 3 is 2.27 bits per heavy atom. The smallest absolute Gasteiger partial charge is 0.410 e. The van der Waals surface area contributed by atoms with E-state index in [-0.39, 0.29) is 23.1 Å². The fourth-order valence-electron chi connectivity index (χ4n) is 5.08. The van der Waals surface area contributed by atoms with Gasteiger partial charge in [0.2, 0.25) is 0 Å². The van der Waals surface area contributed by atoms with Gasteiger partial charge in [0.15, 0.2) is 5.65 Å². The van der Waals surface area contributed by atoms with Crippen molar-refractivity contribution < 1.29 is 17.9 Å². The van der Waals surface area contributed by atoms with Crippen molar-refractivity contribution in [3.05, 3.63) is 72.7 Å². The standard InChI is InChI=1S/C30H35N5O4S/c1-20-12-14-24(15-13-20)40(37,38)35-18-25(23-10-8-7-9-11-23)26-27(31-19-32-28(26)35)33-16-22(3)34(17-21(33)2)29(36)39-30(4,5)6/h7-15,18-19,21-22H,16-17H2,1-6H3/t21-,22+/m0/s1. The van der Waals surface area contributed by atoms with Gasteiger partial charge in [0.05, 0.1) is 10.3 Å². The summed E-state index contributed by atoms with van der Waals surface area (Å²) in [6, 6.07) is 16.2. The summed E-state index contributed by atoms with van der Waals surface area (Å²) in [5.41, 5.74) is 2.26. The first kappa shape index (κ1) is 27.6. The molecule has 0 unspecified atom stereocenters. The Bertz CT molecular complexity index is 1640. The van der Waals surface area contributed by atoms with Crippen LogP contribution in [0.3, 0.4) is 0 Å². The molecule has 0 spiro atoms. The van der Waals surface area contributed by atoms with E-state index in [0.717, 1.165) is 16.7 Å². The van der Waals surface area contributed by atoms with Crippen LogP contribution < -0.4 is 4.90 Å². The fourth-order valence-corrected chi connectivity index (χ4v) is 6.39. The summed E-state index contributed by atoms with van der Waals surface area (Å²) in [5, 5.41) is 0.647. The van der Waals surface area contributed by atoms with Crippen molar-refractivity contribution in [1.29, 1.82) is 0 Å². The van der Waals surface area contributed by atoms with Crippen molar-refractivity contribution in [1.82, 2.24) is 18.8 Å². The topological polar surface area (TPSA) is 97.6 Å². The van der Waals surface area contributed by atoms with E-state index in [0.29, 0.717) is 29.9 Å². The van der Waals surface area contributed by atoms with Crippen LogP contribution in [0.1, 0.15) is 40.2 Å². The molecule has 10 heteroatoms. The number of amides is 1. The molecule has 5 rings (SSSR count). The molecule has 0 bridgehead atoms. The zero-order valence-electron chi connectivity index (χ0n) is 23.7. The van der Waals surface area contributed by atoms with Gasteiger partial charge >= 0.3 is 6.09 Å². The third kappa shape index (κ3) is 5.15. The number of carbonyl (C=O) groups is 1. The van der Waals surface area contributed by atoms with Crippen LogP contribution in [0.5, 0.6) is 0 Å². The molecule has 2 atom stereocenters. The predicted octanol–water partition coefficient (Wildman–Crippen LogP) is 5.48. The van der Waals surface area contributed by atoms with Crippen LogP contribution in [0, 0.1) is 6.92 Å². The Labute approximate surface area is 235 Å². The number of hydrogen-bond acceptors (Lipinski definition) is 7. The van der Waals surface area contributed by atoms with Crippen molar-refractivity contribution in [2.24, 2.45) is 0 Å². The second kappa shape index (κ2) is 10.2. The number of carbonyl (C=O) groups excluding carboxylic acids is 1. The average molecular weight is 562 g/mol. The molecule has 210 valence electrons. The lowest BCUT2D eigenvalue weighted by atomic mass is 10.0. The number of aryl methyl sites for hydroxylation is 1. The first-order valence-corrected chi connectivity index (χ1v) is 14.8. The van der Waals surface area contributed by atoms with Crippen molar-refractivity contribution in [2.75, 3.05) is 18.0 Å². The van der Waals surface area contributed by atoms with E-state index in [2.05, 4.69) is 14.9 Å². The van der Waals surface area contributed by atoms with Gasteiger partial charge < -0.3 is 14.5 Å². The van der Waals surface area contributed by atoms with Crippen molar-refractivity contribution in [2.45, 2.75) is 64.1 Å². The predicted molar refractivity (Wildman–Crippen MR) is 156 cm³/mol. The highest BCUT2D eigenvalue weighted by Gasteiger charge is 2.37. The third-order valence-corrected chi connectivity index (χ3v) is 8.74. The van der Waals surface area contributed by atoms with Crippen LogP contribution in [0.25, 0.3) is 22.2 Å². The number of benzene rings is 2. The molecule has 0 N–H and O–H groups in total. The minimum atomic E-state index is -3.94. The van der Waals surface area contributed by atoms with E-state index in [4.69, 9.17) is 4.74 Å². The third-order valence-electron chi connectivity index (χ3n) is 7.08. The molecule has 1 amide bonds. The summed E-state index contributed by atoms with van der Waals surface area (Å²) >= 11 is 0. The molecule has 9 nitrogen and oxygen atoms in total. The summed E-state index contributed by atoms with van der Waals surface area (Å²) in [6.45, 7) is 12.4. The van der Waals surface area contributed by atoms with Gasteiger partial charge in [-0.1, -0.05) is 48.0 Å².